The number of nitrogens with zero attached hydrogens (tertiary/aromatic N) is 2. The van der Waals surface area contributed by atoms with E-state index in [-0.39, 0.29) is 6.10 Å². The smallest absolute Gasteiger partial charge is 0.0750 e. The van der Waals surface area contributed by atoms with Gasteiger partial charge in [0.05, 0.1) is 24.0 Å². The van der Waals surface area contributed by atoms with E-state index in [2.05, 4.69) is 23.9 Å². The van der Waals surface area contributed by atoms with Crippen LogP contribution in [0.15, 0.2) is 18.5 Å². The zero-order valence-corrected chi connectivity index (χ0v) is 10.4. The van der Waals surface area contributed by atoms with E-state index in [9.17, 15) is 0 Å². The first-order valence-corrected chi connectivity index (χ1v) is 6.10. The van der Waals surface area contributed by atoms with Gasteiger partial charge in [0.25, 0.3) is 0 Å². The molecular formula is C12H17ClN2O. The van der Waals surface area contributed by atoms with Gasteiger partial charge in [0.1, 0.15) is 0 Å². The van der Waals surface area contributed by atoms with Gasteiger partial charge in [-0.3, -0.25) is 4.98 Å². The first-order valence-electron chi connectivity index (χ1n) is 5.57. The van der Waals surface area contributed by atoms with Crippen LogP contribution < -0.4 is 4.90 Å². The van der Waals surface area contributed by atoms with Crippen molar-refractivity contribution < 1.29 is 4.74 Å². The normalized spacial score (nSPS) is 24.7. The van der Waals surface area contributed by atoms with Crippen LogP contribution in [0, 0.1) is 0 Å². The Morgan fingerprint density at radius 1 is 1.62 bits per heavy atom. The lowest BCUT2D eigenvalue weighted by Gasteiger charge is -2.29. The summed E-state index contributed by atoms with van der Waals surface area (Å²) in [6, 6.07) is 2.39. The molecule has 2 atom stereocenters. The molecule has 0 N–H and O–H groups in total. The second-order valence-electron chi connectivity index (χ2n) is 4.18. The molecule has 1 aromatic heterocycles. The number of rotatable bonds is 3. The van der Waals surface area contributed by atoms with E-state index < -0.39 is 0 Å². The van der Waals surface area contributed by atoms with Crippen LogP contribution in [-0.4, -0.2) is 30.8 Å². The number of anilines is 1. The third-order valence-electron chi connectivity index (χ3n) is 3.25. The molecule has 1 saturated heterocycles. The quantitative estimate of drug-likeness (QED) is 0.759. The largest absolute Gasteiger partial charge is 0.376 e. The van der Waals surface area contributed by atoms with Crippen molar-refractivity contribution in [3.63, 3.8) is 0 Å². The average molecular weight is 241 g/mol. The predicted molar refractivity (Wildman–Crippen MR) is 66.0 cm³/mol. The molecule has 1 aliphatic heterocycles. The van der Waals surface area contributed by atoms with Crippen molar-refractivity contribution in [2.45, 2.75) is 31.4 Å². The van der Waals surface area contributed by atoms with Crippen molar-refractivity contribution >= 4 is 17.3 Å². The van der Waals surface area contributed by atoms with Crippen molar-refractivity contribution in [3.05, 3.63) is 24.0 Å². The fourth-order valence-corrected chi connectivity index (χ4v) is 2.48. The van der Waals surface area contributed by atoms with Gasteiger partial charge in [-0.2, -0.15) is 0 Å². The summed E-state index contributed by atoms with van der Waals surface area (Å²) in [7, 11) is 2.09. The standard InChI is InChI=1S/C12H17ClN2O/c1-9-11(4-6-16-9)15(2)12-8-14-5-3-10(12)7-13/h3,5,8-9,11H,4,6-7H2,1-2H3. The monoisotopic (exact) mass is 240 g/mol. The number of alkyl halides is 1. The highest BCUT2D eigenvalue weighted by Gasteiger charge is 2.28. The minimum atomic E-state index is 0.272. The lowest BCUT2D eigenvalue weighted by Crippen LogP contribution is -2.37. The number of pyridine rings is 1. The summed E-state index contributed by atoms with van der Waals surface area (Å²) in [4.78, 5) is 6.41. The summed E-state index contributed by atoms with van der Waals surface area (Å²) in [5, 5.41) is 0. The van der Waals surface area contributed by atoms with Crippen LogP contribution in [0.5, 0.6) is 0 Å². The van der Waals surface area contributed by atoms with Gasteiger partial charge >= 0.3 is 0 Å². The maximum atomic E-state index is 5.93. The fraction of sp³-hybridized carbons (Fsp3) is 0.583. The van der Waals surface area contributed by atoms with E-state index in [0.29, 0.717) is 11.9 Å². The highest BCUT2D eigenvalue weighted by atomic mass is 35.5. The van der Waals surface area contributed by atoms with Gasteiger partial charge in [0.15, 0.2) is 0 Å². The van der Waals surface area contributed by atoms with E-state index in [1.54, 1.807) is 6.20 Å². The number of hydrogen-bond donors (Lipinski definition) is 0. The molecule has 16 heavy (non-hydrogen) atoms. The number of aromatic nitrogens is 1. The molecule has 88 valence electrons. The summed E-state index contributed by atoms with van der Waals surface area (Å²) in [5.74, 6) is 0.518. The molecule has 2 unspecified atom stereocenters. The predicted octanol–water partition coefficient (Wildman–Crippen LogP) is 2.43. The van der Waals surface area contributed by atoms with Crippen LogP contribution in [0.3, 0.4) is 0 Å². The summed E-state index contributed by atoms with van der Waals surface area (Å²) < 4.78 is 5.59. The maximum Gasteiger partial charge on any atom is 0.0750 e. The maximum absolute atomic E-state index is 5.93. The molecule has 1 aromatic rings. The molecule has 3 nitrogen and oxygen atoms in total. The molecule has 0 saturated carbocycles. The number of ether oxygens (including phenoxy) is 1. The van der Waals surface area contributed by atoms with Gasteiger partial charge in [0.2, 0.25) is 0 Å². The molecular weight excluding hydrogens is 224 g/mol. The van der Waals surface area contributed by atoms with Crippen molar-refractivity contribution in [1.29, 1.82) is 0 Å². The molecule has 0 spiro atoms. The van der Waals surface area contributed by atoms with Gasteiger partial charge in [0, 0.05) is 25.7 Å². The van der Waals surface area contributed by atoms with Gasteiger partial charge in [-0.1, -0.05) is 0 Å². The molecule has 0 aromatic carbocycles. The second-order valence-corrected chi connectivity index (χ2v) is 4.45. The van der Waals surface area contributed by atoms with Gasteiger partial charge in [-0.05, 0) is 25.0 Å². The number of halogens is 1. The zero-order valence-electron chi connectivity index (χ0n) is 9.69. The lowest BCUT2D eigenvalue weighted by atomic mass is 10.1. The van der Waals surface area contributed by atoms with Crippen molar-refractivity contribution in [3.8, 4) is 0 Å². The van der Waals surface area contributed by atoms with Crippen LogP contribution in [0.25, 0.3) is 0 Å². The third kappa shape index (κ3) is 2.15. The first-order chi connectivity index (χ1) is 7.74. The molecule has 0 bridgehead atoms. The fourth-order valence-electron chi connectivity index (χ4n) is 2.25. The Balaban J connectivity index is 2.22. The molecule has 0 amide bonds. The SMILES string of the molecule is CC1OCCC1N(C)c1cnccc1CCl. The number of likely N-dealkylation sites (N-methyl/N-ethyl adjacent to an activating group) is 1. The van der Waals surface area contributed by atoms with Crippen molar-refractivity contribution in [1.82, 2.24) is 4.98 Å². The van der Waals surface area contributed by atoms with E-state index in [4.69, 9.17) is 16.3 Å². The van der Waals surface area contributed by atoms with Gasteiger partial charge < -0.3 is 9.64 Å². The second kappa shape index (κ2) is 5.02. The Kier molecular flexibility index (Phi) is 3.66. The molecule has 4 heteroatoms. The Labute approximate surface area is 101 Å². The van der Waals surface area contributed by atoms with Gasteiger partial charge in [-0.15, -0.1) is 11.6 Å². The number of hydrogen-bond acceptors (Lipinski definition) is 3. The average Bonchev–Trinajstić information content (AvgIpc) is 2.74. The highest BCUT2D eigenvalue weighted by Crippen LogP contribution is 2.27. The summed E-state index contributed by atoms with van der Waals surface area (Å²) >= 11 is 5.93. The summed E-state index contributed by atoms with van der Waals surface area (Å²) in [5.41, 5.74) is 2.23. The molecule has 0 aliphatic carbocycles. The topological polar surface area (TPSA) is 25.4 Å². The molecule has 0 radical (unpaired) electrons. The van der Waals surface area contributed by atoms with E-state index in [1.165, 1.54) is 0 Å². The Hall–Kier alpha value is -0.800. The van der Waals surface area contributed by atoms with Crippen molar-refractivity contribution in [2.75, 3.05) is 18.6 Å². The van der Waals surface area contributed by atoms with E-state index >= 15 is 0 Å². The molecule has 2 rings (SSSR count). The lowest BCUT2D eigenvalue weighted by molar-refractivity contribution is 0.118. The van der Waals surface area contributed by atoms with Crippen LogP contribution in [-0.2, 0) is 10.6 Å². The first kappa shape index (κ1) is 11.7. The van der Waals surface area contributed by atoms with Crippen LogP contribution in [0.2, 0.25) is 0 Å². The zero-order chi connectivity index (χ0) is 11.5. The summed E-state index contributed by atoms with van der Waals surface area (Å²) in [6.07, 6.45) is 4.99. The molecule has 1 fully saturated rings. The van der Waals surface area contributed by atoms with Crippen molar-refractivity contribution in [2.24, 2.45) is 0 Å². The van der Waals surface area contributed by atoms with E-state index in [1.807, 2.05) is 12.3 Å². The van der Waals surface area contributed by atoms with Crippen LogP contribution in [0.1, 0.15) is 18.9 Å². The molecule has 1 aliphatic rings. The Morgan fingerprint density at radius 2 is 2.44 bits per heavy atom. The Morgan fingerprint density at radius 3 is 3.06 bits per heavy atom. The van der Waals surface area contributed by atoms with Gasteiger partial charge in [-0.25, -0.2) is 0 Å². The van der Waals surface area contributed by atoms with Crippen LogP contribution >= 0.6 is 11.6 Å². The third-order valence-corrected chi connectivity index (χ3v) is 3.53. The van der Waals surface area contributed by atoms with E-state index in [0.717, 1.165) is 24.3 Å². The molecule has 2 heterocycles. The minimum Gasteiger partial charge on any atom is -0.376 e. The summed E-state index contributed by atoms with van der Waals surface area (Å²) in [6.45, 7) is 2.96. The Bertz CT molecular complexity index is 359. The minimum absolute atomic E-state index is 0.272. The highest BCUT2D eigenvalue weighted by molar-refractivity contribution is 6.17. The van der Waals surface area contributed by atoms with Crippen LogP contribution in [0.4, 0.5) is 5.69 Å².